The second-order valence-corrected chi connectivity index (χ2v) is 4.28. The number of aliphatic hydroxyl groups excluding tert-OH is 1. The Morgan fingerprint density at radius 1 is 1.43 bits per heavy atom. The number of hydrogen-bond acceptors (Lipinski definition) is 7. The molecule has 7 nitrogen and oxygen atoms in total. The van der Waals surface area contributed by atoms with Gasteiger partial charge in [0.2, 0.25) is 0 Å². The smallest absolute Gasteiger partial charge is 0.350 e. The molecular weight excluding hydrogens is 298 g/mol. The van der Waals surface area contributed by atoms with Gasteiger partial charge in [0.15, 0.2) is 5.57 Å². The molecule has 0 saturated carbocycles. The van der Waals surface area contributed by atoms with Gasteiger partial charge in [0.25, 0.3) is 0 Å². The Balaban J connectivity index is 2.90. The minimum Gasteiger partial charge on any atom is -0.497 e. The Labute approximate surface area is 135 Å². The summed E-state index contributed by atoms with van der Waals surface area (Å²) in [7, 11) is 1.58. The lowest BCUT2D eigenvalue weighted by Gasteiger charge is -2.13. The molecule has 1 rings (SSSR count). The molecule has 0 atom stereocenters. The largest absolute Gasteiger partial charge is 0.497 e. The van der Waals surface area contributed by atoms with Gasteiger partial charge in [0.1, 0.15) is 11.8 Å². The van der Waals surface area contributed by atoms with Gasteiger partial charge in [-0.2, -0.15) is 10.4 Å². The first kappa shape index (κ1) is 18.2. The zero-order chi connectivity index (χ0) is 17.1. The van der Waals surface area contributed by atoms with Crippen LogP contribution in [0.1, 0.15) is 12.5 Å². The third-order valence-electron chi connectivity index (χ3n) is 2.69. The number of rotatable bonds is 8. The molecule has 1 aromatic rings. The monoisotopic (exact) mass is 317 g/mol. The lowest BCUT2D eigenvalue weighted by molar-refractivity contribution is -0.138. The van der Waals surface area contributed by atoms with Crippen LogP contribution in [0.15, 0.2) is 41.1 Å². The molecule has 0 radical (unpaired) electrons. The Bertz CT molecular complexity index is 603. The minimum atomic E-state index is -0.724. The predicted octanol–water partition coefficient (Wildman–Crippen LogP) is 1.29. The van der Waals surface area contributed by atoms with Crippen LogP contribution in [0.2, 0.25) is 0 Å². The maximum Gasteiger partial charge on any atom is 0.350 e. The van der Waals surface area contributed by atoms with Crippen LogP contribution in [0, 0.1) is 11.3 Å². The number of hydrogen-bond donors (Lipinski definition) is 1. The van der Waals surface area contributed by atoms with E-state index in [1.54, 1.807) is 50.6 Å². The second-order valence-electron chi connectivity index (χ2n) is 4.28. The van der Waals surface area contributed by atoms with Crippen LogP contribution < -0.4 is 4.74 Å². The van der Waals surface area contributed by atoms with Crippen LogP contribution in [0.25, 0.3) is 0 Å². The number of esters is 1. The molecular formula is C16H19N3O4. The van der Waals surface area contributed by atoms with Gasteiger partial charge in [-0.1, -0.05) is 0 Å². The van der Waals surface area contributed by atoms with Crippen molar-refractivity contribution in [2.75, 3.05) is 26.9 Å². The molecule has 1 N–H and O–H groups in total. The molecule has 7 heteroatoms. The fourth-order valence-electron chi connectivity index (χ4n) is 1.57. The number of ether oxygens (including phenoxy) is 2. The zero-order valence-corrected chi connectivity index (χ0v) is 13.1. The lowest BCUT2D eigenvalue weighted by atomic mass is 10.2. The molecule has 0 aliphatic rings. The highest BCUT2D eigenvalue weighted by atomic mass is 16.5. The van der Waals surface area contributed by atoms with Crippen LogP contribution in [0.3, 0.4) is 0 Å². The van der Waals surface area contributed by atoms with Crippen molar-refractivity contribution < 1.29 is 19.4 Å². The molecule has 0 aliphatic carbocycles. The SMILES string of the molecule is CCOC(=O)/C(C#N)=C/N(CCO)/N=C/c1ccc(OC)cc1. The van der Waals surface area contributed by atoms with Gasteiger partial charge in [-0.25, -0.2) is 4.79 Å². The van der Waals surface area contributed by atoms with E-state index in [-0.39, 0.29) is 25.3 Å². The highest BCUT2D eigenvalue weighted by Crippen LogP contribution is 2.10. The van der Waals surface area contributed by atoms with Gasteiger partial charge in [-0.05, 0) is 36.8 Å². The fraction of sp³-hybridized carbons (Fsp3) is 0.312. The molecule has 23 heavy (non-hydrogen) atoms. The van der Waals surface area contributed by atoms with E-state index in [0.29, 0.717) is 0 Å². The third-order valence-corrected chi connectivity index (χ3v) is 2.69. The number of carbonyl (C=O) groups excluding carboxylic acids is 1. The number of methoxy groups -OCH3 is 1. The van der Waals surface area contributed by atoms with Crippen molar-refractivity contribution in [3.8, 4) is 11.8 Å². The van der Waals surface area contributed by atoms with E-state index in [2.05, 4.69) is 5.10 Å². The van der Waals surface area contributed by atoms with Crippen molar-refractivity contribution in [3.63, 3.8) is 0 Å². The van der Waals surface area contributed by atoms with Gasteiger partial charge >= 0.3 is 5.97 Å². The Kier molecular flexibility index (Phi) is 7.89. The number of nitrogens with zero attached hydrogens (tertiary/aromatic N) is 3. The standard InChI is InChI=1S/C16H19N3O4/c1-3-23-16(21)14(10-17)12-19(8-9-20)18-11-13-4-6-15(22-2)7-5-13/h4-7,11-12,20H,3,8-9H2,1-2H3/b14-12+,18-11+. The highest BCUT2D eigenvalue weighted by molar-refractivity contribution is 5.92. The first-order valence-electron chi connectivity index (χ1n) is 6.99. The van der Waals surface area contributed by atoms with Crippen LogP contribution in [0.4, 0.5) is 0 Å². The Morgan fingerprint density at radius 2 is 2.13 bits per heavy atom. The summed E-state index contributed by atoms with van der Waals surface area (Å²) in [5, 5.41) is 23.5. The van der Waals surface area contributed by atoms with Gasteiger partial charge in [0.05, 0.1) is 33.1 Å². The summed E-state index contributed by atoms with van der Waals surface area (Å²) < 4.78 is 9.84. The van der Waals surface area contributed by atoms with Gasteiger partial charge in [-0.15, -0.1) is 0 Å². The van der Waals surface area contributed by atoms with Crippen LogP contribution in [-0.4, -0.2) is 49.2 Å². The maximum atomic E-state index is 11.6. The number of carbonyl (C=O) groups is 1. The third kappa shape index (κ3) is 6.20. The van der Waals surface area contributed by atoms with E-state index >= 15 is 0 Å². The van der Waals surface area contributed by atoms with E-state index < -0.39 is 5.97 Å². The number of aliphatic hydroxyl groups is 1. The van der Waals surface area contributed by atoms with Gasteiger partial charge in [0, 0.05) is 6.20 Å². The van der Waals surface area contributed by atoms with Gasteiger partial charge < -0.3 is 14.6 Å². The van der Waals surface area contributed by atoms with Crippen molar-refractivity contribution in [2.45, 2.75) is 6.92 Å². The first-order valence-corrected chi connectivity index (χ1v) is 6.99. The van der Waals surface area contributed by atoms with E-state index in [1.807, 2.05) is 0 Å². The number of hydrazone groups is 1. The van der Waals surface area contributed by atoms with Crippen molar-refractivity contribution >= 4 is 12.2 Å². The van der Waals surface area contributed by atoms with Gasteiger partial charge in [-0.3, -0.25) is 5.01 Å². The molecule has 0 unspecified atom stereocenters. The Hall–Kier alpha value is -2.85. The first-order chi connectivity index (χ1) is 11.1. The molecule has 0 heterocycles. The minimum absolute atomic E-state index is 0.136. The zero-order valence-electron chi connectivity index (χ0n) is 13.1. The normalized spacial score (nSPS) is 11.1. The summed E-state index contributed by atoms with van der Waals surface area (Å²) in [5.41, 5.74) is 0.615. The summed E-state index contributed by atoms with van der Waals surface area (Å²) in [6.45, 7) is 1.78. The summed E-state index contributed by atoms with van der Waals surface area (Å²) in [4.78, 5) is 11.6. The van der Waals surface area contributed by atoms with Crippen molar-refractivity contribution in [1.29, 1.82) is 5.26 Å². The van der Waals surface area contributed by atoms with E-state index in [0.717, 1.165) is 11.3 Å². The highest BCUT2D eigenvalue weighted by Gasteiger charge is 2.11. The molecule has 0 aromatic heterocycles. The van der Waals surface area contributed by atoms with Crippen LogP contribution >= 0.6 is 0 Å². The molecule has 0 fully saturated rings. The number of benzene rings is 1. The topological polar surface area (TPSA) is 95.2 Å². The average molecular weight is 317 g/mol. The van der Waals surface area contributed by atoms with E-state index in [9.17, 15) is 4.79 Å². The molecule has 0 aliphatic heterocycles. The molecule has 0 amide bonds. The van der Waals surface area contributed by atoms with Crippen molar-refractivity contribution in [2.24, 2.45) is 5.10 Å². The molecule has 0 bridgehead atoms. The lowest BCUT2D eigenvalue weighted by Crippen LogP contribution is -2.18. The fourth-order valence-corrected chi connectivity index (χ4v) is 1.57. The van der Waals surface area contributed by atoms with Crippen molar-refractivity contribution in [3.05, 3.63) is 41.6 Å². The summed E-state index contributed by atoms with van der Waals surface area (Å²) in [6, 6.07) is 8.94. The van der Waals surface area contributed by atoms with Crippen LogP contribution in [0.5, 0.6) is 5.75 Å². The maximum absolute atomic E-state index is 11.6. The van der Waals surface area contributed by atoms with E-state index in [4.69, 9.17) is 19.8 Å². The average Bonchev–Trinajstić information content (AvgIpc) is 2.57. The van der Waals surface area contributed by atoms with Crippen molar-refractivity contribution in [1.82, 2.24) is 5.01 Å². The summed E-state index contributed by atoms with van der Waals surface area (Å²) in [6.07, 6.45) is 2.79. The van der Waals surface area contributed by atoms with Crippen LogP contribution in [-0.2, 0) is 9.53 Å². The molecule has 1 aromatic carbocycles. The summed E-state index contributed by atoms with van der Waals surface area (Å²) >= 11 is 0. The molecule has 0 saturated heterocycles. The summed E-state index contributed by atoms with van der Waals surface area (Å²) in [5.74, 6) is 0.000857. The van der Waals surface area contributed by atoms with E-state index in [1.165, 1.54) is 11.2 Å². The quantitative estimate of drug-likeness (QED) is 0.255. The molecule has 0 spiro atoms. The molecule has 122 valence electrons. The predicted molar refractivity (Wildman–Crippen MR) is 84.7 cm³/mol. The Morgan fingerprint density at radius 3 is 2.65 bits per heavy atom. The number of nitriles is 1. The second kappa shape index (κ2) is 9.97.